The lowest BCUT2D eigenvalue weighted by molar-refractivity contribution is -0.139. The highest BCUT2D eigenvalue weighted by atomic mass is 19.1. The Balaban J connectivity index is 3.09. The van der Waals surface area contributed by atoms with Gasteiger partial charge in [-0.3, -0.25) is 4.98 Å². The molecule has 0 atom stereocenters. The van der Waals surface area contributed by atoms with E-state index >= 15 is 0 Å². The monoisotopic (exact) mass is 227 g/mol. The Bertz CT molecular complexity index is 399. The SMILES string of the molecule is CC(C)(C)c1nccc(F)c1OCC(=O)O. The van der Waals surface area contributed by atoms with Gasteiger partial charge in [0.25, 0.3) is 0 Å². The minimum atomic E-state index is -1.15. The second-order valence-electron chi connectivity index (χ2n) is 4.40. The van der Waals surface area contributed by atoms with Gasteiger partial charge in [0.2, 0.25) is 0 Å². The summed E-state index contributed by atoms with van der Waals surface area (Å²) in [4.78, 5) is 14.4. The number of carboxylic acids is 1. The summed E-state index contributed by atoms with van der Waals surface area (Å²) in [7, 11) is 0. The predicted octanol–water partition coefficient (Wildman–Crippen LogP) is 1.98. The van der Waals surface area contributed by atoms with Gasteiger partial charge in [0.1, 0.15) is 0 Å². The van der Waals surface area contributed by atoms with Gasteiger partial charge >= 0.3 is 5.97 Å². The van der Waals surface area contributed by atoms with Crippen molar-refractivity contribution in [3.05, 3.63) is 23.8 Å². The van der Waals surface area contributed by atoms with E-state index in [1.165, 1.54) is 6.20 Å². The molecule has 0 saturated carbocycles. The molecule has 1 rings (SSSR count). The van der Waals surface area contributed by atoms with E-state index in [1.54, 1.807) is 0 Å². The third-order valence-electron chi connectivity index (χ3n) is 1.91. The number of ether oxygens (including phenoxy) is 1. The van der Waals surface area contributed by atoms with Crippen molar-refractivity contribution in [1.82, 2.24) is 4.98 Å². The average Bonchev–Trinajstić information content (AvgIpc) is 2.13. The molecule has 1 aromatic heterocycles. The van der Waals surface area contributed by atoms with Crippen LogP contribution in [-0.4, -0.2) is 22.7 Å². The summed E-state index contributed by atoms with van der Waals surface area (Å²) in [5.74, 6) is -1.83. The van der Waals surface area contributed by atoms with Crippen LogP contribution in [0, 0.1) is 5.82 Å². The van der Waals surface area contributed by atoms with Crippen LogP contribution in [0.3, 0.4) is 0 Å². The second kappa shape index (κ2) is 4.47. The Hall–Kier alpha value is -1.65. The van der Waals surface area contributed by atoms with Crippen LogP contribution in [0.2, 0.25) is 0 Å². The average molecular weight is 227 g/mol. The predicted molar refractivity (Wildman–Crippen MR) is 56.0 cm³/mol. The number of hydrogen-bond donors (Lipinski definition) is 1. The lowest BCUT2D eigenvalue weighted by atomic mass is 9.91. The van der Waals surface area contributed by atoms with Gasteiger partial charge in [0.15, 0.2) is 18.2 Å². The van der Waals surface area contributed by atoms with Crippen molar-refractivity contribution in [2.24, 2.45) is 0 Å². The van der Waals surface area contributed by atoms with Crippen molar-refractivity contribution in [2.75, 3.05) is 6.61 Å². The highest BCUT2D eigenvalue weighted by Crippen LogP contribution is 2.31. The Morgan fingerprint density at radius 1 is 1.56 bits per heavy atom. The van der Waals surface area contributed by atoms with Crippen LogP contribution in [0.5, 0.6) is 5.75 Å². The number of aromatic nitrogens is 1. The minimum Gasteiger partial charge on any atom is -0.479 e. The van der Waals surface area contributed by atoms with E-state index in [0.717, 1.165) is 6.07 Å². The van der Waals surface area contributed by atoms with Crippen molar-refractivity contribution in [3.8, 4) is 5.75 Å². The summed E-state index contributed by atoms with van der Waals surface area (Å²) in [6.07, 6.45) is 1.34. The maximum atomic E-state index is 13.5. The van der Waals surface area contributed by atoms with Crippen LogP contribution < -0.4 is 4.74 Å². The molecule has 0 spiro atoms. The number of nitrogens with zero attached hydrogens (tertiary/aromatic N) is 1. The molecule has 1 aromatic rings. The maximum Gasteiger partial charge on any atom is 0.341 e. The number of halogens is 1. The molecule has 0 radical (unpaired) electrons. The summed E-state index contributed by atoms with van der Waals surface area (Å²) in [5, 5.41) is 8.49. The molecule has 0 unspecified atom stereocenters. The Morgan fingerprint density at radius 2 is 2.19 bits per heavy atom. The van der Waals surface area contributed by atoms with Crippen molar-refractivity contribution in [3.63, 3.8) is 0 Å². The molecule has 1 heterocycles. The quantitative estimate of drug-likeness (QED) is 0.857. The molecule has 0 bridgehead atoms. The number of carbonyl (C=O) groups is 1. The normalized spacial score (nSPS) is 11.2. The molecule has 0 aromatic carbocycles. The zero-order chi connectivity index (χ0) is 12.3. The van der Waals surface area contributed by atoms with E-state index in [0.29, 0.717) is 5.69 Å². The number of pyridine rings is 1. The Kier molecular flexibility index (Phi) is 3.47. The van der Waals surface area contributed by atoms with Gasteiger partial charge in [-0.15, -0.1) is 0 Å². The van der Waals surface area contributed by atoms with Crippen LogP contribution >= 0.6 is 0 Å². The largest absolute Gasteiger partial charge is 0.479 e. The van der Waals surface area contributed by atoms with Gasteiger partial charge in [-0.25, -0.2) is 9.18 Å². The maximum absolute atomic E-state index is 13.5. The van der Waals surface area contributed by atoms with Gasteiger partial charge in [0.05, 0.1) is 5.69 Å². The zero-order valence-corrected chi connectivity index (χ0v) is 9.45. The van der Waals surface area contributed by atoms with Gasteiger partial charge in [-0.1, -0.05) is 20.8 Å². The van der Waals surface area contributed by atoms with E-state index < -0.39 is 23.8 Å². The summed E-state index contributed by atoms with van der Waals surface area (Å²) in [5.41, 5.74) is 0.00407. The van der Waals surface area contributed by atoms with Crippen LogP contribution in [0.4, 0.5) is 4.39 Å². The van der Waals surface area contributed by atoms with Crippen LogP contribution in [-0.2, 0) is 10.2 Å². The molecule has 0 aliphatic carbocycles. The molecular weight excluding hydrogens is 213 g/mol. The fourth-order valence-electron chi connectivity index (χ4n) is 1.23. The summed E-state index contributed by atoms with van der Waals surface area (Å²) in [6, 6.07) is 1.15. The van der Waals surface area contributed by atoms with Crippen LogP contribution in [0.15, 0.2) is 12.3 Å². The first kappa shape index (κ1) is 12.4. The molecule has 1 N–H and O–H groups in total. The lowest BCUT2D eigenvalue weighted by Crippen LogP contribution is -2.19. The summed E-state index contributed by atoms with van der Waals surface area (Å²) < 4.78 is 18.4. The molecule has 16 heavy (non-hydrogen) atoms. The fraction of sp³-hybridized carbons (Fsp3) is 0.455. The van der Waals surface area contributed by atoms with E-state index in [9.17, 15) is 9.18 Å². The third kappa shape index (κ3) is 2.92. The molecule has 5 heteroatoms. The number of hydrogen-bond acceptors (Lipinski definition) is 3. The third-order valence-corrected chi connectivity index (χ3v) is 1.91. The summed E-state index contributed by atoms with van der Waals surface area (Å²) in [6.45, 7) is 4.97. The zero-order valence-electron chi connectivity index (χ0n) is 9.45. The first-order chi connectivity index (χ1) is 7.32. The van der Waals surface area contributed by atoms with Gasteiger partial charge in [-0.05, 0) is 6.07 Å². The van der Waals surface area contributed by atoms with Crippen LogP contribution in [0.1, 0.15) is 26.5 Å². The standard InChI is InChI=1S/C11H14FNO3/c1-11(2,3)10-9(16-6-8(14)15)7(12)4-5-13-10/h4-5H,6H2,1-3H3,(H,14,15). The Labute approximate surface area is 93.1 Å². The molecule has 4 nitrogen and oxygen atoms in total. The molecule has 0 aliphatic heterocycles. The topological polar surface area (TPSA) is 59.4 Å². The number of rotatable bonds is 3. The number of aliphatic carboxylic acids is 1. The molecule has 0 amide bonds. The second-order valence-corrected chi connectivity index (χ2v) is 4.40. The number of carboxylic acid groups (broad SMARTS) is 1. The van der Waals surface area contributed by atoms with Crippen molar-refractivity contribution in [2.45, 2.75) is 26.2 Å². The van der Waals surface area contributed by atoms with E-state index in [-0.39, 0.29) is 5.75 Å². The van der Waals surface area contributed by atoms with Crippen molar-refractivity contribution in [1.29, 1.82) is 0 Å². The van der Waals surface area contributed by atoms with E-state index in [2.05, 4.69) is 4.98 Å². The summed E-state index contributed by atoms with van der Waals surface area (Å²) >= 11 is 0. The van der Waals surface area contributed by atoms with E-state index in [4.69, 9.17) is 9.84 Å². The first-order valence-corrected chi connectivity index (χ1v) is 4.82. The molecule has 0 fully saturated rings. The van der Waals surface area contributed by atoms with Crippen molar-refractivity contribution < 1.29 is 19.0 Å². The first-order valence-electron chi connectivity index (χ1n) is 4.82. The van der Waals surface area contributed by atoms with E-state index in [1.807, 2.05) is 20.8 Å². The minimum absolute atomic E-state index is 0.0857. The van der Waals surface area contributed by atoms with Gasteiger partial charge < -0.3 is 9.84 Å². The van der Waals surface area contributed by atoms with Crippen LogP contribution in [0.25, 0.3) is 0 Å². The van der Waals surface area contributed by atoms with Crippen molar-refractivity contribution >= 4 is 5.97 Å². The highest BCUT2D eigenvalue weighted by molar-refractivity contribution is 5.68. The molecule has 0 saturated heterocycles. The molecule has 88 valence electrons. The highest BCUT2D eigenvalue weighted by Gasteiger charge is 2.23. The fourth-order valence-corrected chi connectivity index (χ4v) is 1.23. The Morgan fingerprint density at radius 3 is 2.69 bits per heavy atom. The lowest BCUT2D eigenvalue weighted by Gasteiger charge is -2.21. The molecular formula is C11H14FNO3. The smallest absolute Gasteiger partial charge is 0.341 e. The van der Waals surface area contributed by atoms with Gasteiger partial charge in [0, 0.05) is 11.6 Å². The molecule has 0 aliphatic rings. The van der Waals surface area contributed by atoms with Gasteiger partial charge in [-0.2, -0.15) is 0 Å².